The highest BCUT2D eigenvalue weighted by molar-refractivity contribution is 7.93. The first-order valence-corrected chi connectivity index (χ1v) is 8.24. The van der Waals surface area contributed by atoms with Gasteiger partial charge < -0.3 is 0 Å². The highest BCUT2D eigenvalue weighted by atomic mass is 32.2. The molecule has 0 aliphatic heterocycles. The summed E-state index contributed by atoms with van der Waals surface area (Å²) < 4.78 is 23.8. The minimum atomic E-state index is -3.86. The zero-order valence-electron chi connectivity index (χ0n) is 11.4. The van der Waals surface area contributed by atoms with Gasteiger partial charge in [-0.2, -0.15) is 0 Å². The van der Waals surface area contributed by atoms with E-state index < -0.39 is 26.7 Å². The van der Waals surface area contributed by atoms with Gasteiger partial charge in [-0.25, -0.2) is 8.42 Å². The lowest BCUT2D eigenvalue weighted by Gasteiger charge is -2.13. The Kier molecular flexibility index (Phi) is 4.33. The van der Waals surface area contributed by atoms with E-state index in [1.165, 1.54) is 24.3 Å². The van der Waals surface area contributed by atoms with Crippen LogP contribution in [0.5, 0.6) is 0 Å². The van der Waals surface area contributed by atoms with Crippen molar-refractivity contribution in [2.75, 3.05) is 6.26 Å². The summed E-state index contributed by atoms with van der Waals surface area (Å²) >= 11 is 0. The first-order chi connectivity index (χ1) is 9.91. The zero-order valence-corrected chi connectivity index (χ0v) is 12.2. The van der Waals surface area contributed by atoms with Crippen molar-refractivity contribution in [3.05, 3.63) is 71.8 Å². The van der Waals surface area contributed by atoms with Crippen LogP contribution in [-0.2, 0) is 9.84 Å². The Bertz CT molecular complexity index is 698. The molecule has 0 saturated carbocycles. The molecule has 0 N–H and O–H groups in total. The van der Waals surface area contributed by atoms with E-state index in [0.717, 1.165) is 6.26 Å². The Morgan fingerprint density at radius 1 is 0.762 bits per heavy atom. The van der Waals surface area contributed by atoms with Crippen LogP contribution in [0.4, 0.5) is 0 Å². The third-order valence-electron chi connectivity index (χ3n) is 3.02. The third-order valence-corrected chi connectivity index (χ3v) is 4.31. The van der Waals surface area contributed by atoms with Gasteiger partial charge in [0.1, 0.15) is 0 Å². The van der Waals surface area contributed by atoms with Crippen LogP contribution in [0.2, 0.25) is 0 Å². The topological polar surface area (TPSA) is 68.3 Å². The second-order valence-corrected chi connectivity index (χ2v) is 6.80. The Morgan fingerprint density at radius 2 is 1.10 bits per heavy atom. The third kappa shape index (κ3) is 3.44. The van der Waals surface area contributed by atoms with E-state index in [9.17, 15) is 18.0 Å². The van der Waals surface area contributed by atoms with Crippen LogP contribution in [0.15, 0.2) is 60.7 Å². The largest absolute Gasteiger partial charge is 0.292 e. The average molecular weight is 302 g/mol. The SMILES string of the molecule is CS(=O)(=O)C(C(=O)c1ccccc1)C(=O)c1ccccc1. The molecule has 0 atom stereocenters. The van der Waals surface area contributed by atoms with Gasteiger partial charge in [0.05, 0.1) is 0 Å². The van der Waals surface area contributed by atoms with Crippen LogP contribution in [0.1, 0.15) is 20.7 Å². The molecule has 0 radical (unpaired) electrons. The fourth-order valence-corrected chi connectivity index (χ4v) is 3.07. The predicted octanol–water partition coefficient (Wildman–Crippen LogP) is 2.17. The minimum absolute atomic E-state index is 0.206. The van der Waals surface area contributed by atoms with E-state index >= 15 is 0 Å². The number of Topliss-reactive ketones (excluding diaryl/α,β-unsaturated/α-hetero) is 2. The molecule has 2 aromatic rings. The standard InChI is InChI=1S/C16H14O4S/c1-21(19,20)16(14(17)12-8-4-2-5-9-12)15(18)13-10-6-3-7-11-13/h2-11,16H,1H3. The van der Waals surface area contributed by atoms with Crippen LogP contribution in [0, 0.1) is 0 Å². The molecule has 21 heavy (non-hydrogen) atoms. The summed E-state index contributed by atoms with van der Waals surface area (Å²) in [5.41, 5.74) is 0.411. The van der Waals surface area contributed by atoms with Crippen molar-refractivity contribution < 1.29 is 18.0 Å². The van der Waals surface area contributed by atoms with Gasteiger partial charge in [-0.3, -0.25) is 9.59 Å². The lowest BCUT2D eigenvalue weighted by molar-refractivity contribution is 0.0900. The molecule has 0 aromatic heterocycles. The highest BCUT2D eigenvalue weighted by Crippen LogP contribution is 2.15. The summed E-state index contributed by atoms with van der Waals surface area (Å²) in [5.74, 6) is -1.40. The van der Waals surface area contributed by atoms with Gasteiger partial charge in [-0.05, 0) is 0 Å². The molecule has 0 aliphatic rings. The second kappa shape index (κ2) is 6.01. The Hall–Kier alpha value is -2.27. The number of carbonyl (C=O) groups excluding carboxylic acids is 2. The van der Waals surface area contributed by atoms with Crippen LogP contribution >= 0.6 is 0 Å². The van der Waals surface area contributed by atoms with Crippen LogP contribution in [0.3, 0.4) is 0 Å². The number of carbonyl (C=O) groups is 2. The molecule has 0 fully saturated rings. The quantitative estimate of drug-likeness (QED) is 0.627. The molecule has 2 aromatic carbocycles. The fourth-order valence-electron chi connectivity index (χ4n) is 2.02. The summed E-state index contributed by atoms with van der Waals surface area (Å²) in [6, 6.07) is 15.9. The molecule has 4 nitrogen and oxygen atoms in total. The molecule has 2 rings (SSSR count). The minimum Gasteiger partial charge on any atom is -0.292 e. The lowest BCUT2D eigenvalue weighted by Crippen LogP contribution is -2.37. The van der Waals surface area contributed by atoms with Gasteiger partial charge in [-0.1, -0.05) is 60.7 Å². The van der Waals surface area contributed by atoms with E-state index in [2.05, 4.69) is 0 Å². The molecular formula is C16H14O4S. The van der Waals surface area contributed by atoms with Gasteiger partial charge in [-0.15, -0.1) is 0 Å². The van der Waals surface area contributed by atoms with Crippen molar-refractivity contribution in [1.29, 1.82) is 0 Å². The maximum Gasteiger partial charge on any atom is 0.188 e. The van der Waals surface area contributed by atoms with E-state index in [0.29, 0.717) is 0 Å². The Balaban J connectivity index is 2.46. The summed E-state index contributed by atoms with van der Waals surface area (Å²) in [6.07, 6.45) is 0.902. The summed E-state index contributed by atoms with van der Waals surface area (Å²) in [5, 5.41) is -1.71. The van der Waals surface area contributed by atoms with E-state index in [1.54, 1.807) is 36.4 Å². The van der Waals surface area contributed by atoms with Gasteiger partial charge in [0.25, 0.3) is 0 Å². The summed E-state index contributed by atoms with van der Waals surface area (Å²) in [6.45, 7) is 0. The van der Waals surface area contributed by atoms with Crippen molar-refractivity contribution in [2.45, 2.75) is 5.25 Å². The van der Waals surface area contributed by atoms with Crippen molar-refractivity contribution in [1.82, 2.24) is 0 Å². The molecule has 108 valence electrons. The van der Waals surface area contributed by atoms with E-state index in [4.69, 9.17) is 0 Å². The first-order valence-electron chi connectivity index (χ1n) is 6.28. The maximum atomic E-state index is 12.4. The Morgan fingerprint density at radius 3 is 1.38 bits per heavy atom. The monoisotopic (exact) mass is 302 g/mol. The van der Waals surface area contributed by atoms with Gasteiger partial charge in [0.2, 0.25) is 0 Å². The normalized spacial score (nSPS) is 11.3. The zero-order chi connectivity index (χ0) is 15.5. The molecule has 0 saturated heterocycles. The number of hydrogen-bond donors (Lipinski definition) is 0. The number of rotatable bonds is 5. The molecule has 0 aliphatic carbocycles. The van der Waals surface area contributed by atoms with Gasteiger partial charge in [0.15, 0.2) is 26.7 Å². The molecular weight excluding hydrogens is 288 g/mol. The molecule has 0 heterocycles. The molecule has 5 heteroatoms. The first kappa shape index (κ1) is 15.1. The number of ketones is 2. The number of benzene rings is 2. The highest BCUT2D eigenvalue weighted by Gasteiger charge is 2.37. The number of hydrogen-bond acceptors (Lipinski definition) is 4. The van der Waals surface area contributed by atoms with Crippen molar-refractivity contribution >= 4 is 21.4 Å². The van der Waals surface area contributed by atoms with Crippen LogP contribution in [0.25, 0.3) is 0 Å². The predicted molar refractivity (Wildman–Crippen MR) is 80.2 cm³/mol. The summed E-state index contributed by atoms with van der Waals surface area (Å²) in [4.78, 5) is 24.8. The smallest absolute Gasteiger partial charge is 0.188 e. The maximum absolute atomic E-state index is 12.4. The lowest BCUT2D eigenvalue weighted by atomic mass is 10.0. The van der Waals surface area contributed by atoms with E-state index in [-0.39, 0.29) is 11.1 Å². The van der Waals surface area contributed by atoms with Crippen molar-refractivity contribution in [3.8, 4) is 0 Å². The molecule has 0 spiro atoms. The Labute approximate surface area is 123 Å². The fraction of sp³-hybridized carbons (Fsp3) is 0.125. The second-order valence-electron chi connectivity index (χ2n) is 4.67. The van der Waals surface area contributed by atoms with Crippen molar-refractivity contribution in [2.24, 2.45) is 0 Å². The molecule has 0 bridgehead atoms. The number of sulfone groups is 1. The van der Waals surface area contributed by atoms with Crippen LogP contribution in [-0.4, -0.2) is 31.5 Å². The van der Waals surface area contributed by atoms with E-state index in [1.807, 2.05) is 0 Å². The van der Waals surface area contributed by atoms with Crippen LogP contribution < -0.4 is 0 Å². The van der Waals surface area contributed by atoms with Gasteiger partial charge >= 0.3 is 0 Å². The molecule has 0 unspecified atom stereocenters. The van der Waals surface area contributed by atoms with Gasteiger partial charge in [0, 0.05) is 17.4 Å². The van der Waals surface area contributed by atoms with Crippen molar-refractivity contribution in [3.63, 3.8) is 0 Å². The summed E-state index contributed by atoms with van der Waals surface area (Å²) in [7, 11) is -3.86. The average Bonchev–Trinajstić information content (AvgIpc) is 2.47. The molecule has 0 amide bonds.